The molecule has 2 amide bonds. The normalized spacial score (nSPS) is 27.7. The molecular weight excluding hydrogens is 546 g/mol. The molecule has 1 aromatic carbocycles. The molecule has 2 bridgehead atoms. The Morgan fingerprint density at radius 2 is 1.79 bits per heavy atom. The molecule has 12 nitrogen and oxygen atoms in total. The molecule has 1 saturated heterocycles. The Morgan fingerprint density at radius 3 is 2.48 bits per heavy atom. The number of hydrogen-bond donors (Lipinski definition) is 4. The van der Waals surface area contributed by atoms with Crippen LogP contribution in [0, 0.1) is 5.92 Å². The number of nitrogens with zero attached hydrogens (tertiary/aromatic N) is 1. The van der Waals surface area contributed by atoms with Crippen molar-refractivity contribution in [3.63, 3.8) is 0 Å². The first kappa shape index (κ1) is 29.8. The van der Waals surface area contributed by atoms with Gasteiger partial charge >= 0.3 is 11.9 Å². The van der Waals surface area contributed by atoms with E-state index in [-0.39, 0.29) is 61.7 Å². The molecule has 12 heteroatoms. The second-order valence-corrected chi connectivity index (χ2v) is 11.9. The highest BCUT2D eigenvalue weighted by atomic mass is 16.6. The maximum Gasteiger partial charge on any atom is 0.312 e. The number of rotatable bonds is 10. The molecule has 1 fully saturated rings. The van der Waals surface area contributed by atoms with Gasteiger partial charge in [-0.25, -0.2) is 0 Å². The Balaban J connectivity index is 1.46. The molecule has 1 aromatic rings. The Hall–Kier alpha value is -3.64. The van der Waals surface area contributed by atoms with Crippen LogP contribution in [0.4, 0.5) is 0 Å². The van der Waals surface area contributed by atoms with Gasteiger partial charge in [-0.2, -0.15) is 0 Å². The van der Waals surface area contributed by atoms with E-state index in [1.807, 2.05) is 13.1 Å². The number of hydrogen-bond acceptors (Lipinski definition) is 10. The third-order valence-electron chi connectivity index (χ3n) is 9.00. The maximum absolute atomic E-state index is 13.3. The number of aromatic hydroxyl groups is 1. The summed E-state index contributed by atoms with van der Waals surface area (Å²) in [6, 6.07) is 3.23. The Bertz CT molecular complexity index is 1330. The number of phenolic OH excluding ortho intramolecular Hbond substituents is 1. The number of aliphatic hydroxyl groups excluding tert-OH is 1. The van der Waals surface area contributed by atoms with Crippen LogP contribution < -0.4 is 15.4 Å². The van der Waals surface area contributed by atoms with Gasteiger partial charge in [-0.15, -0.1) is 0 Å². The molecule has 5 rings (SSSR count). The van der Waals surface area contributed by atoms with E-state index >= 15 is 0 Å². The largest absolute Gasteiger partial charge is 0.504 e. The predicted molar refractivity (Wildman–Crippen MR) is 148 cm³/mol. The SMILES string of the molecule is CC(C)C(=O)NCCC(=O)OC1=CC[C@@]2(OC(=O)CCNC(=O)[C@H](C)O)[C@H]3Cc4ccc(O)c5c4[C@@]2(CCN3C)[C@H]1O5. The van der Waals surface area contributed by atoms with Crippen molar-refractivity contribution in [1.82, 2.24) is 15.5 Å². The summed E-state index contributed by atoms with van der Waals surface area (Å²) in [5.41, 5.74) is -0.274. The summed E-state index contributed by atoms with van der Waals surface area (Å²) in [6.07, 6.45) is 0.877. The summed E-state index contributed by atoms with van der Waals surface area (Å²) in [4.78, 5) is 52.1. The summed E-state index contributed by atoms with van der Waals surface area (Å²) >= 11 is 0. The number of amides is 2. The smallest absolute Gasteiger partial charge is 0.312 e. The molecule has 228 valence electrons. The van der Waals surface area contributed by atoms with Crippen molar-refractivity contribution in [2.45, 2.75) is 82.1 Å². The first-order chi connectivity index (χ1) is 19.9. The van der Waals surface area contributed by atoms with Crippen molar-refractivity contribution in [1.29, 1.82) is 0 Å². The number of nitrogens with one attached hydrogen (secondary N) is 2. The zero-order chi connectivity index (χ0) is 30.4. The Morgan fingerprint density at radius 1 is 1.10 bits per heavy atom. The molecule has 0 radical (unpaired) electrons. The molecule has 42 heavy (non-hydrogen) atoms. The second-order valence-electron chi connectivity index (χ2n) is 11.9. The van der Waals surface area contributed by atoms with E-state index in [2.05, 4.69) is 15.5 Å². The van der Waals surface area contributed by atoms with Crippen molar-refractivity contribution in [3.05, 3.63) is 35.1 Å². The van der Waals surface area contributed by atoms with Crippen LogP contribution in [-0.4, -0.2) is 89.4 Å². The Kier molecular flexibility index (Phi) is 7.97. The van der Waals surface area contributed by atoms with Gasteiger partial charge in [0.25, 0.3) is 0 Å². The van der Waals surface area contributed by atoms with Crippen LogP contribution in [0.2, 0.25) is 0 Å². The van der Waals surface area contributed by atoms with Crippen LogP contribution >= 0.6 is 0 Å². The molecule has 5 atom stereocenters. The van der Waals surface area contributed by atoms with Crippen molar-refractivity contribution in [2.75, 3.05) is 26.7 Å². The number of benzene rings is 1. The summed E-state index contributed by atoms with van der Waals surface area (Å²) in [5, 5.41) is 25.5. The number of likely N-dealkylation sites (tertiary alicyclic amines) is 1. The summed E-state index contributed by atoms with van der Waals surface area (Å²) in [7, 11) is 1.98. The standard InChI is InChI=1S/C30H39N3O9/c1-16(2)27(38)31-12-8-22(36)40-20-7-10-30(42-23(37)9-13-32-28(39)17(3)34)21-15-18-5-6-19(35)25-24(18)29(30,26(20)41-25)11-14-33(21)4/h5-7,16-17,21,26,34-35H,8-15H2,1-4H3,(H,31,38)(H,32,39)/t17-,21+,26-,29-,30+/m0/s1. The lowest BCUT2D eigenvalue weighted by atomic mass is 9.50. The molecule has 4 aliphatic rings. The van der Waals surface area contributed by atoms with E-state index in [0.29, 0.717) is 25.1 Å². The predicted octanol–water partition coefficient (Wildman–Crippen LogP) is 0.813. The fraction of sp³-hybridized carbons (Fsp3) is 0.600. The van der Waals surface area contributed by atoms with Crippen molar-refractivity contribution < 1.29 is 43.6 Å². The van der Waals surface area contributed by atoms with E-state index in [9.17, 15) is 29.4 Å². The first-order valence-corrected chi connectivity index (χ1v) is 14.5. The average Bonchev–Trinajstić information content (AvgIpc) is 3.29. The van der Waals surface area contributed by atoms with Gasteiger partial charge in [-0.1, -0.05) is 19.9 Å². The molecule has 2 aliphatic heterocycles. The van der Waals surface area contributed by atoms with Crippen molar-refractivity contribution >= 4 is 23.8 Å². The third kappa shape index (κ3) is 4.80. The Labute approximate surface area is 244 Å². The van der Waals surface area contributed by atoms with Crippen LogP contribution in [-0.2, 0) is 40.5 Å². The minimum atomic E-state index is -1.19. The first-order valence-electron chi connectivity index (χ1n) is 14.5. The number of ether oxygens (including phenoxy) is 3. The van der Waals surface area contributed by atoms with E-state index in [1.165, 1.54) is 6.92 Å². The number of carbonyl (C=O) groups is 4. The van der Waals surface area contributed by atoms with Crippen LogP contribution in [0.1, 0.15) is 57.6 Å². The third-order valence-corrected chi connectivity index (χ3v) is 9.00. The molecule has 1 spiro atoms. The lowest BCUT2D eigenvalue weighted by Crippen LogP contribution is -2.75. The second kappa shape index (κ2) is 11.2. The van der Waals surface area contributed by atoms with Crippen molar-refractivity contribution in [2.24, 2.45) is 5.92 Å². The van der Waals surface area contributed by atoms with Gasteiger partial charge in [-0.3, -0.25) is 24.1 Å². The number of likely N-dealkylation sites (N-methyl/N-ethyl adjacent to an activating group) is 1. The zero-order valence-corrected chi connectivity index (χ0v) is 24.4. The van der Waals surface area contributed by atoms with Gasteiger partial charge in [0.1, 0.15) is 17.5 Å². The van der Waals surface area contributed by atoms with Gasteiger partial charge < -0.3 is 35.1 Å². The maximum atomic E-state index is 13.3. The zero-order valence-electron chi connectivity index (χ0n) is 24.4. The average molecular weight is 586 g/mol. The minimum Gasteiger partial charge on any atom is -0.504 e. The molecule has 2 heterocycles. The molecular formula is C30H39N3O9. The highest BCUT2D eigenvalue weighted by Gasteiger charge is 2.74. The summed E-state index contributed by atoms with van der Waals surface area (Å²) < 4.78 is 18.7. The van der Waals surface area contributed by atoms with E-state index in [4.69, 9.17) is 14.2 Å². The number of piperidine rings is 1. The molecule has 0 unspecified atom stereocenters. The van der Waals surface area contributed by atoms with Gasteiger partial charge in [0, 0.05) is 31.0 Å². The van der Waals surface area contributed by atoms with E-state index in [1.54, 1.807) is 26.0 Å². The number of phenols is 1. The van der Waals surface area contributed by atoms with Crippen LogP contribution in [0.5, 0.6) is 11.5 Å². The van der Waals surface area contributed by atoms with Gasteiger partial charge in [-0.05, 0) is 51.1 Å². The minimum absolute atomic E-state index is 0.000750. The van der Waals surface area contributed by atoms with Gasteiger partial charge in [0.2, 0.25) is 11.8 Å². The highest BCUT2D eigenvalue weighted by Crippen LogP contribution is 2.66. The fourth-order valence-corrected chi connectivity index (χ4v) is 6.97. The summed E-state index contributed by atoms with van der Waals surface area (Å²) in [5.74, 6) is -1.46. The quantitative estimate of drug-likeness (QED) is 0.289. The molecule has 0 saturated carbocycles. The van der Waals surface area contributed by atoms with Gasteiger partial charge in [0.15, 0.2) is 17.6 Å². The topological polar surface area (TPSA) is 164 Å². The highest BCUT2D eigenvalue weighted by molar-refractivity contribution is 5.81. The molecule has 0 aromatic heterocycles. The van der Waals surface area contributed by atoms with Crippen LogP contribution in [0.3, 0.4) is 0 Å². The lowest BCUT2D eigenvalue weighted by molar-refractivity contribution is -0.206. The van der Waals surface area contributed by atoms with E-state index in [0.717, 1.165) is 11.1 Å². The van der Waals surface area contributed by atoms with E-state index < -0.39 is 41.1 Å². The lowest BCUT2D eigenvalue weighted by Gasteiger charge is -2.62. The molecule has 4 N–H and O–H groups in total. The van der Waals surface area contributed by atoms with Crippen LogP contribution in [0.15, 0.2) is 24.0 Å². The number of aliphatic hydroxyl groups is 1. The number of carbonyl (C=O) groups excluding carboxylic acids is 4. The molecule has 2 aliphatic carbocycles. The fourth-order valence-electron chi connectivity index (χ4n) is 6.97. The van der Waals surface area contributed by atoms with Gasteiger partial charge in [0.05, 0.1) is 24.3 Å². The monoisotopic (exact) mass is 585 g/mol. The van der Waals surface area contributed by atoms with Crippen LogP contribution in [0.25, 0.3) is 0 Å². The summed E-state index contributed by atoms with van der Waals surface area (Å²) in [6.45, 7) is 5.66. The number of esters is 2. The van der Waals surface area contributed by atoms with Crippen molar-refractivity contribution in [3.8, 4) is 11.5 Å².